The summed E-state index contributed by atoms with van der Waals surface area (Å²) in [6, 6.07) is 13.5. The Hall–Kier alpha value is -2.08. The molecule has 3 unspecified atom stereocenters. The molecule has 2 aliphatic rings. The molecule has 2 saturated heterocycles. The molecular formula is C20H22ClN3O2. The molecule has 0 radical (unpaired) electrons. The van der Waals surface area contributed by atoms with Crippen molar-refractivity contribution in [3.05, 3.63) is 64.2 Å². The highest BCUT2D eigenvalue weighted by atomic mass is 35.5. The molecule has 2 heterocycles. The lowest BCUT2D eigenvalue weighted by molar-refractivity contribution is 0.0649. The van der Waals surface area contributed by atoms with Gasteiger partial charge in [-0.15, -0.1) is 0 Å². The molecule has 3 N–H and O–H groups in total. The molecule has 3 atom stereocenters. The van der Waals surface area contributed by atoms with E-state index in [1.165, 1.54) is 0 Å². The van der Waals surface area contributed by atoms with Gasteiger partial charge in [0, 0.05) is 30.1 Å². The summed E-state index contributed by atoms with van der Waals surface area (Å²) in [6.07, 6.45) is 0.875. The van der Waals surface area contributed by atoms with Crippen LogP contribution < -0.4 is 10.9 Å². The third-order valence-corrected chi connectivity index (χ3v) is 5.66. The molecule has 0 saturated carbocycles. The van der Waals surface area contributed by atoms with Crippen LogP contribution in [0.15, 0.2) is 42.5 Å². The van der Waals surface area contributed by atoms with Gasteiger partial charge < -0.3 is 10.0 Å². The van der Waals surface area contributed by atoms with E-state index < -0.39 is 0 Å². The van der Waals surface area contributed by atoms with Crippen molar-refractivity contribution in [3.8, 4) is 5.75 Å². The average molecular weight is 372 g/mol. The summed E-state index contributed by atoms with van der Waals surface area (Å²) in [6.45, 7) is 3.21. The van der Waals surface area contributed by atoms with Crippen LogP contribution in [0.4, 0.5) is 0 Å². The number of amides is 1. The number of hydrogen-bond donors (Lipinski definition) is 3. The zero-order valence-electron chi connectivity index (χ0n) is 14.6. The molecule has 2 aromatic carbocycles. The Bertz CT molecular complexity index is 824. The number of nitrogens with zero attached hydrogens (tertiary/aromatic N) is 1. The molecule has 0 bridgehead atoms. The lowest BCUT2D eigenvalue weighted by Gasteiger charge is -2.36. The largest absolute Gasteiger partial charge is 0.507 e. The highest BCUT2D eigenvalue weighted by Crippen LogP contribution is 2.35. The number of phenols is 1. The number of hydrogen-bond acceptors (Lipinski definition) is 4. The quantitative estimate of drug-likeness (QED) is 0.759. The Morgan fingerprint density at radius 3 is 2.69 bits per heavy atom. The zero-order chi connectivity index (χ0) is 18.3. The fraction of sp³-hybridized carbons (Fsp3) is 0.350. The van der Waals surface area contributed by atoms with Gasteiger partial charge in [0.05, 0.1) is 11.6 Å². The summed E-state index contributed by atoms with van der Waals surface area (Å²) < 4.78 is 0. The predicted octanol–water partition coefficient (Wildman–Crippen LogP) is 3.03. The number of aromatic hydroxyl groups is 1. The Labute approximate surface area is 157 Å². The summed E-state index contributed by atoms with van der Waals surface area (Å²) in [5, 5.41) is 10.9. The van der Waals surface area contributed by atoms with Crippen LogP contribution in [0.25, 0.3) is 0 Å². The van der Waals surface area contributed by atoms with E-state index in [1.807, 2.05) is 42.2 Å². The van der Waals surface area contributed by atoms with Crippen LogP contribution in [-0.4, -0.2) is 35.0 Å². The Morgan fingerprint density at radius 2 is 1.96 bits per heavy atom. The van der Waals surface area contributed by atoms with E-state index in [0.29, 0.717) is 29.7 Å². The van der Waals surface area contributed by atoms with E-state index in [4.69, 9.17) is 11.6 Å². The first kappa shape index (κ1) is 17.3. The van der Waals surface area contributed by atoms with Crippen molar-refractivity contribution >= 4 is 17.5 Å². The zero-order valence-corrected chi connectivity index (χ0v) is 15.3. The number of fused-ring (bicyclic) bond motifs is 1. The number of aryl methyl sites for hydroxylation is 1. The fourth-order valence-corrected chi connectivity index (χ4v) is 4.11. The minimum Gasteiger partial charge on any atom is -0.507 e. The highest BCUT2D eigenvalue weighted by Gasteiger charge is 2.41. The van der Waals surface area contributed by atoms with Crippen LogP contribution in [0.1, 0.15) is 33.9 Å². The SMILES string of the molecule is Cc1ccc(C(=O)N2CCC3NNC(c4ccc(Cl)cc4)C3C2)c(O)c1. The second-order valence-corrected chi connectivity index (χ2v) is 7.59. The van der Waals surface area contributed by atoms with Crippen molar-refractivity contribution < 1.29 is 9.90 Å². The van der Waals surface area contributed by atoms with E-state index in [9.17, 15) is 9.90 Å². The van der Waals surface area contributed by atoms with Gasteiger partial charge >= 0.3 is 0 Å². The van der Waals surface area contributed by atoms with Gasteiger partial charge in [-0.25, -0.2) is 5.43 Å². The number of rotatable bonds is 2. The number of nitrogens with one attached hydrogen (secondary N) is 2. The van der Waals surface area contributed by atoms with Gasteiger partial charge in [0.25, 0.3) is 5.91 Å². The molecular weight excluding hydrogens is 350 g/mol. The topological polar surface area (TPSA) is 64.6 Å². The highest BCUT2D eigenvalue weighted by molar-refractivity contribution is 6.30. The van der Waals surface area contributed by atoms with E-state index in [2.05, 4.69) is 10.9 Å². The van der Waals surface area contributed by atoms with Gasteiger partial charge in [-0.1, -0.05) is 29.8 Å². The third kappa shape index (κ3) is 3.18. The van der Waals surface area contributed by atoms with Gasteiger partial charge in [0.2, 0.25) is 0 Å². The minimum atomic E-state index is -0.109. The fourth-order valence-electron chi connectivity index (χ4n) is 3.98. The molecule has 136 valence electrons. The van der Waals surface area contributed by atoms with Crippen LogP contribution in [0.3, 0.4) is 0 Å². The maximum absolute atomic E-state index is 12.9. The number of hydrazine groups is 1. The Kier molecular flexibility index (Phi) is 4.61. The van der Waals surface area contributed by atoms with Gasteiger partial charge in [-0.2, -0.15) is 0 Å². The van der Waals surface area contributed by atoms with Crippen molar-refractivity contribution in [2.75, 3.05) is 13.1 Å². The first-order valence-corrected chi connectivity index (χ1v) is 9.26. The van der Waals surface area contributed by atoms with Crippen LogP contribution in [0, 0.1) is 12.8 Å². The molecule has 1 amide bonds. The van der Waals surface area contributed by atoms with Crippen molar-refractivity contribution in [2.45, 2.75) is 25.4 Å². The summed E-state index contributed by atoms with van der Waals surface area (Å²) in [5.74, 6) is 0.207. The van der Waals surface area contributed by atoms with Crippen molar-refractivity contribution in [2.24, 2.45) is 5.92 Å². The van der Waals surface area contributed by atoms with Gasteiger partial charge in [0.1, 0.15) is 5.75 Å². The lowest BCUT2D eigenvalue weighted by atomic mass is 9.85. The minimum absolute atomic E-state index is 0.0500. The first-order chi connectivity index (χ1) is 12.5. The van der Waals surface area contributed by atoms with Crippen LogP contribution in [-0.2, 0) is 0 Å². The van der Waals surface area contributed by atoms with E-state index >= 15 is 0 Å². The molecule has 26 heavy (non-hydrogen) atoms. The smallest absolute Gasteiger partial charge is 0.257 e. The number of likely N-dealkylation sites (tertiary alicyclic amines) is 1. The normalized spacial score (nSPS) is 25.2. The predicted molar refractivity (Wildman–Crippen MR) is 101 cm³/mol. The summed E-state index contributed by atoms with van der Waals surface area (Å²) in [5.41, 5.74) is 9.20. The van der Waals surface area contributed by atoms with E-state index in [-0.39, 0.29) is 23.6 Å². The van der Waals surface area contributed by atoms with E-state index in [0.717, 1.165) is 17.5 Å². The maximum Gasteiger partial charge on any atom is 0.257 e. The van der Waals surface area contributed by atoms with Crippen LogP contribution >= 0.6 is 11.6 Å². The van der Waals surface area contributed by atoms with Gasteiger partial charge in [-0.3, -0.25) is 10.2 Å². The average Bonchev–Trinajstić information content (AvgIpc) is 3.05. The van der Waals surface area contributed by atoms with Crippen LogP contribution in [0.2, 0.25) is 5.02 Å². The maximum atomic E-state index is 12.9. The molecule has 2 fully saturated rings. The molecule has 0 aromatic heterocycles. The van der Waals surface area contributed by atoms with E-state index in [1.54, 1.807) is 12.1 Å². The summed E-state index contributed by atoms with van der Waals surface area (Å²) in [7, 11) is 0. The third-order valence-electron chi connectivity index (χ3n) is 5.41. The monoisotopic (exact) mass is 371 g/mol. The number of carbonyl (C=O) groups excluding carboxylic acids is 1. The standard InChI is InChI=1S/C20H22ClN3O2/c1-12-2-7-15(18(25)10-12)20(26)24-9-8-17-16(11-24)19(23-22-17)13-3-5-14(21)6-4-13/h2-7,10,16-17,19,22-23,25H,8-9,11H2,1H3. The summed E-state index contributed by atoms with van der Waals surface area (Å²) in [4.78, 5) is 14.8. The van der Waals surface area contributed by atoms with Crippen LogP contribution in [0.5, 0.6) is 5.75 Å². The molecule has 2 aromatic rings. The second kappa shape index (κ2) is 6.91. The lowest BCUT2D eigenvalue weighted by Crippen LogP contribution is -2.47. The molecule has 6 heteroatoms. The molecule has 5 nitrogen and oxygen atoms in total. The van der Waals surface area contributed by atoms with Crippen molar-refractivity contribution in [1.29, 1.82) is 0 Å². The van der Waals surface area contributed by atoms with Gasteiger partial charge in [-0.05, 0) is 48.7 Å². The van der Waals surface area contributed by atoms with Crippen molar-refractivity contribution in [1.82, 2.24) is 15.8 Å². The second-order valence-electron chi connectivity index (χ2n) is 7.15. The van der Waals surface area contributed by atoms with Crippen molar-refractivity contribution in [3.63, 3.8) is 0 Å². The Balaban J connectivity index is 1.54. The molecule has 0 aliphatic carbocycles. The molecule has 2 aliphatic heterocycles. The van der Waals surface area contributed by atoms with Gasteiger partial charge in [0.15, 0.2) is 0 Å². The summed E-state index contributed by atoms with van der Waals surface area (Å²) >= 11 is 6.00. The number of benzene rings is 2. The number of phenolic OH excluding ortho intramolecular Hbond substituents is 1. The number of carbonyl (C=O) groups is 1. The number of piperidine rings is 1. The Morgan fingerprint density at radius 1 is 1.19 bits per heavy atom. The number of halogens is 1. The molecule has 0 spiro atoms. The first-order valence-electron chi connectivity index (χ1n) is 8.88. The molecule has 4 rings (SSSR count).